The number of ketones is 2. The smallest absolute Gasteiger partial charge is 0.416 e. The molecule has 6 rings (SSSR count). The van der Waals surface area contributed by atoms with Crippen LogP contribution in [0.5, 0.6) is 5.88 Å². The molecule has 0 spiro atoms. The molecule has 11 heteroatoms. The lowest BCUT2D eigenvalue weighted by Crippen LogP contribution is -2.40. The Morgan fingerprint density at radius 1 is 0.830 bits per heavy atom. The van der Waals surface area contributed by atoms with Gasteiger partial charge in [-0.1, -0.05) is 74.5 Å². The molecule has 0 bridgehead atoms. The monoisotopic (exact) mass is 713 g/mol. The lowest BCUT2D eigenvalue weighted by atomic mass is 9.74. The minimum absolute atomic E-state index is 0.00981. The number of likely N-dealkylation sites (N-methyl/N-ethyl adjacent to an activating group) is 2. The van der Waals surface area contributed by atoms with Crippen molar-refractivity contribution < 1.29 is 28.3 Å². The zero-order valence-electron chi connectivity index (χ0n) is 30.9. The molecule has 11 nitrogen and oxygen atoms in total. The fraction of sp³-hybridized carbons (Fsp3) is 0.286. The zero-order valence-corrected chi connectivity index (χ0v) is 30.9. The largest absolute Gasteiger partial charge is 0.469 e. The van der Waals surface area contributed by atoms with E-state index in [4.69, 9.17) is 19.1 Å². The van der Waals surface area contributed by atoms with Gasteiger partial charge in [0.1, 0.15) is 11.5 Å². The van der Waals surface area contributed by atoms with Crippen molar-refractivity contribution in [3.05, 3.63) is 131 Å². The van der Waals surface area contributed by atoms with Crippen LogP contribution in [-0.2, 0) is 27.2 Å². The van der Waals surface area contributed by atoms with E-state index in [0.29, 0.717) is 51.6 Å². The molecule has 0 fully saturated rings. The molecular weight excluding hydrogens is 670 g/mol. The maximum Gasteiger partial charge on any atom is 0.416 e. The van der Waals surface area contributed by atoms with Crippen molar-refractivity contribution in [2.45, 2.75) is 47.0 Å². The average molecular weight is 714 g/mol. The number of ether oxygens (including phenoxy) is 1. The molecule has 0 atom stereocenters. The quantitative estimate of drug-likeness (QED) is 0.128. The van der Waals surface area contributed by atoms with E-state index in [1.54, 1.807) is 58.5 Å². The third-order valence-corrected chi connectivity index (χ3v) is 9.71. The normalized spacial score (nSPS) is 13.4. The molecule has 3 aromatic heterocycles. The van der Waals surface area contributed by atoms with Crippen LogP contribution in [0.15, 0.2) is 112 Å². The molecule has 53 heavy (non-hydrogen) atoms. The molecule has 2 aromatic carbocycles. The predicted molar refractivity (Wildman–Crippen MR) is 200 cm³/mol. The van der Waals surface area contributed by atoms with Crippen LogP contribution < -0.4 is 4.74 Å². The van der Waals surface area contributed by atoms with Gasteiger partial charge < -0.3 is 19.0 Å². The second-order valence-corrected chi connectivity index (χ2v) is 14.1. The molecule has 5 aromatic rings. The van der Waals surface area contributed by atoms with E-state index < -0.39 is 11.5 Å². The molecule has 1 aliphatic carbocycles. The summed E-state index contributed by atoms with van der Waals surface area (Å²) in [6.07, 6.45) is 4.92. The number of hydrogen-bond acceptors (Lipinski definition) is 8. The number of Topliss-reactive ketones (excluding diaryl/α,β-unsaturated/α-hetero) is 1. The van der Waals surface area contributed by atoms with E-state index in [2.05, 4.69) is 0 Å². The highest BCUT2D eigenvalue weighted by molar-refractivity contribution is 6.22. The van der Waals surface area contributed by atoms with Gasteiger partial charge in [-0.3, -0.25) is 18.8 Å². The van der Waals surface area contributed by atoms with Gasteiger partial charge in [0, 0.05) is 73.9 Å². The number of nitrogens with zero attached hydrogens (tertiary/aromatic N) is 5. The van der Waals surface area contributed by atoms with Crippen molar-refractivity contribution in [1.82, 2.24) is 24.2 Å². The SMILES string of the molecule is CC1=C(C)C(=O)C(C(C)(C)CC(=O)N(C)CCN(C)C(=O)Oc2c(Cc3ccco3)nc3c(Cc4ccccc4)nc(-c4ccccc4)cn23)=CC1=O. The molecule has 2 amide bonds. The number of furan rings is 1. The first kappa shape index (κ1) is 36.7. The first-order chi connectivity index (χ1) is 25.3. The molecular formula is C42H43N5O6. The van der Waals surface area contributed by atoms with Crippen molar-refractivity contribution in [1.29, 1.82) is 0 Å². The lowest BCUT2D eigenvalue weighted by molar-refractivity contribution is -0.131. The maximum absolute atomic E-state index is 13.7. The highest BCUT2D eigenvalue weighted by atomic mass is 16.6. The lowest BCUT2D eigenvalue weighted by Gasteiger charge is -2.31. The third-order valence-electron chi connectivity index (χ3n) is 9.71. The van der Waals surface area contributed by atoms with Gasteiger partial charge in [-0.15, -0.1) is 0 Å². The van der Waals surface area contributed by atoms with Crippen LogP contribution in [0.25, 0.3) is 16.9 Å². The van der Waals surface area contributed by atoms with Crippen molar-refractivity contribution in [2.24, 2.45) is 5.41 Å². The number of carbonyl (C=O) groups is 4. The topological polar surface area (TPSA) is 127 Å². The van der Waals surface area contributed by atoms with Crippen LogP contribution in [0.2, 0.25) is 0 Å². The van der Waals surface area contributed by atoms with E-state index in [1.807, 2.05) is 72.9 Å². The molecule has 0 radical (unpaired) electrons. The summed E-state index contributed by atoms with van der Waals surface area (Å²) >= 11 is 0. The van der Waals surface area contributed by atoms with E-state index in [1.165, 1.54) is 15.9 Å². The number of rotatable bonds is 12. The van der Waals surface area contributed by atoms with E-state index in [0.717, 1.165) is 11.1 Å². The molecule has 0 N–H and O–H groups in total. The number of carbonyl (C=O) groups excluding carboxylic acids is 4. The second kappa shape index (κ2) is 15.2. The number of fused-ring (bicyclic) bond motifs is 1. The van der Waals surface area contributed by atoms with Crippen LogP contribution >= 0.6 is 0 Å². The van der Waals surface area contributed by atoms with E-state index >= 15 is 0 Å². The van der Waals surface area contributed by atoms with Gasteiger partial charge in [-0.25, -0.2) is 14.8 Å². The van der Waals surface area contributed by atoms with Crippen LogP contribution in [-0.4, -0.2) is 74.9 Å². The summed E-state index contributed by atoms with van der Waals surface area (Å²) in [7, 11) is 3.25. The fourth-order valence-corrected chi connectivity index (χ4v) is 6.24. The summed E-state index contributed by atoms with van der Waals surface area (Å²) in [5, 5.41) is 0. The Kier molecular flexibility index (Phi) is 10.6. The fourth-order valence-electron chi connectivity index (χ4n) is 6.24. The van der Waals surface area contributed by atoms with Crippen molar-refractivity contribution in [2.75, 3.05) is 27.2 Å². The molecule has 272 valence electrons. The second-order valence-electron chi connectivity index (χ2n) is 14.1. The van der Waals surface area contributed by atoms with E-state index in [-0.39, 0.29) is 49.3 Å². The molecule has 0 unspecified atom stereocenters. The third kappa shape index (κ3) is 8.04. The van der Waals surface area contributed by atoms with E-state index in [9.17, 15) is 19.2 Å². The summed E-state index contributed by atoms with van der Waals surface area (Å²) in [5.74, 6) is 0.232. The summed E-state index contributed by atoms with van der Waals surface area (Å²) in [6.45, 7) is 7.22. The van der Waals surface area contributed by atoms with Crippen LogP contribution in [0.4, 0.5) is 4.79 Å². The molecule has 0 saturated heterocycles. The minimum Gasteiger partial charge on any atom is -0.469 e. The van der Waals surface area contributed by atoms with Crippen LogP contribution in [0, 0.1) is 5.41 Å². The van der Waals surface area contributed by atoms with Crippen LogP contribution in [0.1, 0.15) is 56.8 Å². The number of allylic oxidation sites excluding steroid dienone is 4. The Morgan fingerprint density at radius 2 is 1.51 bits per heavy atom. The highest BCUT2D eigenvalue weighted by Gasteiger charge is 2.36. The Hall–Kier alpha value is -6.10. The Morgan fingerprint density at radius 3 is 2.19 bits per heavy atom. The average Bonchev–Trinajstić information content (AvgIpc) is 3.79. The molecule has 1 aliphatic rings. The number of hydrogen-bond donors (Lipinski definition) is 0. The number of amides is 2. The Balaban J connectivity index is 1.23. The Bertz CT molecular complexity index is 2230. The zero-order chi connectivity index (χ0) is 37.9. The summed E-state index contributed by atoms with van der Waals surface area (Å²) < 4.78 is 13.6. The summed E-state index contributed by atoms with van der Waals surface area (Å²) in [4.78, 5) is 65.5. The summed E-state index contributed by atoms with van der Waals surface area (Å²) in [6, 6.07) is 23.4. The van der Waals surface area contributed by atoms with Crippen LogP contribution in [0.3, 0.4) is 0 Å². The van der Waals surface area contributed by atoms with Gasteiger partial charge in [0.2, 0.25) is 11.8 Å². The standard InChI is InChI=1S/C42H43N5O6/c1-27-28(2)38(50)32(24-36(27)48)42(3,4)25-37(49)45(5)19-20-46(6)41(51)53-40-34(23-31-18-13-21-52-31)44-39-33(22-29-14-9-7-10-15-29)43-35(26-47(39)40)30-16-11-8-12-17-30/h7-18,21,24,26H,19-20,22-23,25H2,1-6H3. The molecule has 3 heterocycles. The van der Waals surface area contributed by atoms with Gasteiger partial charge in [0.15, 0.2) is 17.2 Å². The molecule has 0 saturated carbocycles. The number of benzene rings is 2. The van der Waals surface area contributed by atoms with Crippen molar-refractivity contribution >= 4 is 29.2 Å². The van der Waals surface area contributed by atoms with Crippen molar-refractivity contribution in [3.63, 3.8) is 0 Å². The Labute approximate surface area is 308 Å². The number of aromatic nitrogens is 3. The van der Waals surface area contributed by atoms with Gasteiger partial charge in [-0.2, -0.15) is 0 Å². The first-order valence-corrected chi connectivity index (χ1v) is 17.5. The van der Waals surface area contributed by atoms with Gasteiger partial charge >= 0.3 is 6.09 Å². The van der Waals surface area contributed by atoms with Gasteiger partial charge in [0.05, 0.1) is 24.1 Å². The number of imidazole rings is 1. The van der Waals surface area contributed by atoms with Gasteiger partial charge in [-0.05, 0) is 37.6 Å². The minimum atomic E-state index is -0.870. The predicted octanol–water partition coefficient (Wildman–Crippen LogP) is 6.89. The summed E-state index contributed by atoms with van der Waals surface area (Å²) in [5.41, 5.74) is 4.70. The maximum atomic E-state index is 13.7. The van der Waals surface area contributed by atoms with Crippen molar-refractivity contribution in [3.8, 4) is 17.1 Å². The highest BCUT2D eigenvalue weighted by Crippen LogP contribution is 2.36. The first-order valence-electron chi connectivity index (χ1n) is 17.5. The molecule has 0 aliphatic heterocycles. The van der Waals surface area contributed by atoms with Gasteiger partial charge in [0.25, 0.3) is 0 Å².